The van der Waals surface area contributed by atoms with Crippen LogP contribution in [0.25, 0.3) is 0 Å². The molecule has 0 saturated carbocycles. The first-order chi connectivity index (χ1) is 13.4. The zero-order valence-electron chi connectivity index (χ0n) is 16.1. The second-order valence-electron chi connectivity index (χ2n) is 5.77. The van der Waals surface area contributed by atoms with E-state index in [2.05, 4.69) is 10.1 Å². The minimum absolute atomic E-state index is 0.228. The lowest BCUT2D eigenvalue weighted by atomic mass is 10.2. The fourth-order valence-corrected chi connectivity index (χ4v) is 2.56. The van der Waals surface area contributed by atoms with Gasteiger partial charge in [-0.15, -0.1) is 0 Å². The van der Waals surface area contributed by atoms with Crippen molar-refractivity contribution in [2.24, 2.45) is 0 Å². The largest absolute Gasteiger partial charge is 0.493 e. The topological polar surface area (TPSA) is 94.2 Å². The molecule has 2 aromatic rings. The van der Waals surface area contributed by atoms with E-state index in [9.17, 15) is 14.4 Å². The van der Waals surface area contributed by atoms with Crippen LogP contribution in [0.5, 0.6) is 11.5 Å². The third kappa shape index (κ3) is 5.00. The predicted molar refractivity (Wildman–Crippen MR) is 104 cm³/mol. The molecule has 8 nitrogen and oxygen atoms in total. The number of rotatable bonds is 7. The lowest BCUT2D eigenvalue weighted by Gasteiger charge is -2.21. The Balaban J connectivity index is 2.18. The van der Waals surface area contributed by atoms with Crippen LogP contribution >= 0.6 is 0 Å². The third-order valence-electron chi connectivity index (χ3n) is 3.93. The van der Waals surface area contributed by atoms with E-state index in [0.717, 1.165) is 0 Å². The monoisotopic (exact) mass is 386 g/mol. The number of hydrogen-bond donors (Lipinski definition) is 1. The van der Waals surface area contributed by atoms with E-state index in [1.165, 1.54) is 39.2 Å². The Kier molecular flexibility index (Phi) is 6.97. The number of ether oxygens (including phenoxy) is 3. The van der Waals surface area contributed by atoms with Crippen molar-refractivity contribution in [1.82, 2.24) is 0 Å². The number of carbonyl (C=O) groups is 3. The van der Waals surface area contributed by atoms with Gasteiger partial charge in [-0.3, -0.25) is 9.59 Å². The van der Waals surface area contributed by atoms with Gasteiger partial charge in [0.15, 0.2) is 11.5 Å². The summed E-state index contributed by atoms with van der Waals surface area (Å²) in [4.78, 5) is 37.5. The van der Waals surface area contributed by atoms with Gasteiger partial charge in [0.25, 0.3) is 0 Å². The van der Waals surface area contributed by atoms with E-state index < -0.39 is 11.9 Å². The van der Waals surface area contributed by atoms with Crippen LogP contribution in [0.2, 0.25) is 0 Å². The lowest BCUT2D eigenvalue weighted by Crippen LogP contribution is -2.36. The molecule has 0 unspecified atom stereocenters. The highest BCUT2D eigenvalue weighted by molar-refractivity contribution is 6.02. The zero-order valence-corrected chi connectivity index (χ0v) is 16.1. The molecule has 148 valence electrons. The van der Waals surface area contributed by atoms with Crippen LogP contribution in [0, 0.1) is 0 Å². The summed E-state index contributed by atoms with van der Waals surface area (Å²) >= 11 is 0. The van der Waals surface area contributed by atoms with Gasteiger partial charge in [0.1, 0.15) is 6.54 Å². The molecule has 2 aromatic carbocycles. The summed E-state index contributed by atoms with van der Waals surface area (Å²) in [5.74, 6) is -0.282. The van der Waals surface area contributed by atoms with E-state index in [4.69, 9.17) is 9.47 Å². The summed E-state index contributed by atoms with van der Waals surface area (Å²) in [6, 6.07) is 11.3. The van der Waals surface area contributed by atoms with Gasteiger partial charge in [-0.2, -0.15) is 0 Å². The normalized spacial score (nSPS) is 10.0. The maximum atomic E-state index is 12.5. The number of hydrogen-bond acceptors (Lipinski definition) is 6. The van der Waals surface area contributed by atoms with Crippen molar-refractivity contribution in [2.75, 3.05) is 38.1 Å². The third-order valence-corrected chi connectivity index (χ3v) is 3.93. The number of carbonyl (C=O) groups excluding carboxylic acids is 3. The van der Waals surface area contributed by atoms with Gasteiger partial charge in [-0.25, -0.2) is 4.79 Å². The van der Waals surface area contributed by atoms with Crippen molar-refractivity contribution in [1.29, 1.82) is 0 Å². The van der Waals surface area contributed by atoms with Crippen molar-refractivity contribution in [2.45, 2.75) is 6.92 Å². The summed E-state index contributed by atoms with van der Waals surface area (Å²) in [5, 5.41) is 2.71. The van der Waals surface area contributed by atoms with Crippen LogP contribution in [-0.4, -0.2) is 45.7 Å². The summed E-state index contributed by atoms with van der Waals surface area (Å²) in [5.41, 5.74) is 1.19. The smallest absolute Gasteiger partial charge is 0.337 e. The maximum Gasteiger partial charge on any atom is 0.337 e. The Labute approximate surface area is 163 Å². The fourth-order valence-electron chi connectivity index (χ4n) is 2.56. The molecule has 0 radical (unpaired) electrons. The Morgan fingerprint density at radius 2 is 1.68 bits per heavy atom. The van der Waals surface area contributed by atoms with Crippen molar-refractivity contribution >= 4 is 29.2 Å². The summed E-state index contributed by atoms with van der Waals surface area (Å²) < 4.78 is 15.1. The van der Waals surface area contributed by atoms with E-state index in [0.29, 0.717) is 22.9 Å². The van der Waals surface area contributed by atoms with Crippen LogP contribution in [0.15, 0.2) is 42.5 Å². The molecule has 0 aromatic heterocycles. The minimum atomic E-state index is -0.528. The second-order valence-corrected chi connectivity index (χ2v) is 5.77. The number of benzene rings is 2. The van der Waals surface area contributed by atoms with E-state index in [1.54, 1.807) is 36.4 Å². The predicted octanol–water partition coefficient (Wildman–Crippen LogP) is 2.48. The molecular weight excluding hydrogens is 364 g/mol. The van der Waals surface area contributed by atoms with Gasteiger partial charge in [0, 0.05) is 24.4 Å². The van der Waals surface area contributed by atoms with E-state index >= 15 is 0 Å². The summed E-state index contributed by atoms with van der Waals surface area (Å²) in [7, 11) is 4.28. The molecule has 0 saturated heterocycles. The molecule has 0 heterocycles. The molecule has 0 aliphatic heterocycles. The van der Waals surface area contributed by atoms with Crippen molar-refractivity contribution < 1.29 is 28.6 Å². The molecule has 28 heavy (non-hydrogen) atoms. The molecule has 8 heteroatoms. The average molecular weight is 386 g/mol. The average Bonchev–Trinajstić information content (AvgIpc) is 2.71. The first-order valence-corrected chi connectivity index (χ1v) is 8.38. The number of nitrogens with zero attached hydrogens (tertiary/aromatic N) is 1. The number of amides is 2. The number of methoxy groups -OCH3 is 3. The van der Waals surface area contributed by atoms with Gasteiger partial charge in [-0.1, -0.05) is 6.07 Å². The van der Waals surface area contributed by atoms with Crippen LogP contribution in [0.3, 0.4) is 0 Å². The van der Waals surface area contributed by atoms with E-state index in [-0.39, 0.29) is 18.0 Å². The first-order valence-electron chi connectivity index (χ1n) is 8.38. The molecule has 1 N–H and O–H groups in total. The van der Waals surface area contributed by atoms with E-state index in [1.807, 2.05) is 0 Å². The summed E-state index contributed by atoms with van der Waals surface area (Å²) in [6.07, 6.45) is 0. The van der Waals surface area contributed by atoms with Crippen molar-refractivity contribution in [3.63, 3.8) is 0 Å². The molecule has 0 atom stereocenters. The summed E-state index contributed by atoms with van der Waals surface area (Å²) in [6.45, 7) is 1.11. The zero-order chi connectivity index (χ0) is 20.7. The SMILES string of the molecule is COC(=O)c1cccc(N(CC(=O)Nc2ccc(OC)c(OC)c2)C(C)=O)c1. The van der Waals surface area contributed by atoms with Gasteiger partial charge < -0.3 is 24.4 Å². The molecule has 0 bridgehead atoms. The van der Waals surface area contributed by atoms with Crippen molar-refractivity contribution in [3.8, 4) is 11.5 Å². The van der Waals surface area contributed by atoms with Crippen LogP contribution in [-0.2, 0) is 14.3 Å². The standard InChI is InChI=1S/C20H22N2O6/c1-13(23)22(16-7-5-6-14(10-16)20(25)28-4)12-19(24)21-15-8-9-17(26-2)18(11-15)27-3/h5-11H,12H2,1-4H3,(H,21,24). The van der Waals surface area contributed by atoms with Crippen LogP contribution in [0.4, 0.5) is 11.4 Å². The van der Waals surface area contributed by atoms with Crippen LogP contribution in [0.1, 0.15) is 17.3 Å². The number of esters is 1. The molecule has 2 amide bonds. The molecule has 0 aliphatic carbocycles. The van der Waals surface area contributed by atoms with Gasteiger partial charge in [-0.05, 0) is 30.3 Å². The molecule has 0 spiro atoms. The maximum absolute atomic E-state index is 12.5. The molecule has 2 rings (SSSR count). The van der Waals surface area contributed by atoms with Crippen molar-refractivity contribution in [3.05, 3.63) is 48.0 Å². The Morgan fingerprint density at radius 3 is 2.29 bits per heavy atom. The highest BCUT2D eigenvalue weighted by Gasteiger charge is 2.18. The molecule has 0 fully saturated rings. The quantitative estimate of drug-likeness (QED) is 0.735. The van der Waals surface area contributed by atoms with Gasteiger partial charge >= 0.3 is 5.97 Å². The van der Waals surface area contributed by atoms with Gasteiger partial charge in [0.2, 0.25) is 11.8 Å². The Morgan fingerprint density at radius 1 is 0.964 bits per heavy atom. The highest BCUT2D eigenvalue weighted by atomic mass is 16.5. The second kappa shape index (κ2) is 9.40. The fraction of sp³-hybridized carbons (Fsp3) is 0.250. The highest BCUT2D eigenvalue weighted by Crippen LogP contribution is 2.29. The van der Waals surface area contributed by atoms with Gasteiger partial charge in [0.05, 0.1) is 26.9 Å². The Hall–Kier alpha value is -3.55. The molecule has 0 aliphatic rings. The first kappa shape index (κ1) is 20.8. The number of anilines is 2. The molecular formula is C20H22N2O6. The minimum Gasteiger partial charge on any atom is -0.493 e. The van der Waals surface area contributed by atoms with Crippen LogP contribution < -0.4 is 19.7 Å². The Bertz CT molecular complexity index is 881. The lowest BCUT2D eigenvalue weighted by molar-refractivity contribution is -0.120. The number of nitrogens with one attached hydrogen (secondary N) is 1.